The first-order valence-corrected chi connectivity index (χ1v) is 3.13. The Hall–Kier alpha value is -1.46. The molecule has 70 valence electrons. The third-order valence-corrected chi connectivity index (χ3v) is 1.22. The van der Waals surface area contributed by atoms with Crippen LogP contribution in [0.5, 0.6) is 0 Å². The molecule has 0 aliphatic rings. The van der Waals surface area contributed by atoms with Crippen LogP contribution in [0.4, 0.5) is 17.6 Å². The molecule has 0 aliphatic heterocycles. The maximum absolute atomic E-state index is 12.3. The molecule has 0 atom stereocenters. The molecular weight excluding hydrogens is 190 g/mol. The van der Waals surface area contributed by atoms with E-state index >= 15 is 0 Å². The Balaban J connectivity index is 3.03. The van der Waals surface area contributed by atoms with E-state index < -0.39 is 23.3 Å². The lowest BCUT2D eigenvalue weighted by molar-refractivity contribution is -0.0885. The monoisotopic (exact) mass is 193 g/mol. The van der Waals surface area contributed by atoms with Gasteiger partial charge in [0.25, 0.3) is 5.78 Å². The van der Waals surface area contributed by atoms with Crippen molar-refractivity contribution >= 4 is 5.78 Å². The van der Waals surface area contributed by atoms with E-state index in [1.807, 2.05) is 0 Å². The summed E-state index contributed by atoms with van der Waals surface area (Å²) in [5.41, 5.74) is -0.799. The van der Waals surface area contributed by atoms with Crippen LogP contribution in [0, 0.1) is 5.82 Å². The standard InChI is InChI=1S/C7H3F4NO/c8-5-1-4(2-12-3-5)6(13)7(9,10)11/h1-3H. The third kappa shape index (κ3) is 2.24. The van der Waals surface area contributed by atoms with Gasteiger partial charge < -0.3 is 0 Å². The van der Waals surface area contributed by atoms with Crippen molar-refractivity contribution in [1.82, 2.24) is 4.98 Å². The van der Waals surface area contributed by atoms with Crippen molar-refractivity contribution in [2.75, 3.05) is 0 Å². The van der Waals surface area contributed by atoms with Gasteiger partial charge in [-0.1, -0.05) is 0 Å². The molecule has 0 saturated carbocycles. The summed E-state index contributed by atoms with van der Waals surface area (Å²) in [6, 6.07) is 0.489. The fourth-order valence-electron chi connectivity index (χ4n) is 0.700. The van der Waals surface area contributed by atoms with E-state index in [1.165, 1.54) is 0 Å². The zero-order chi connectivity index (χ0) is 10.1. The van der Waals surface area contributed by atoms with Gasteiger partial charge in [-0.2, -0.15) is 13.2 Å². The number of ketones is 1. The number of nitrogens with zero attached hydrogens (tertiary/aromatic N) is 1. The maximum Gasteiger partial charge on any atom is 0.454 e. The first-order chi connectivity index (χ1) is 5.91. The van der Waals surface area contributed by atoms with Crippen molar-refractivity contribution in [3.05, 3.63) is 29.8 Å². The molecule has 0 aliphatic carbocycles. The Morgan fingerprint density at radius 2 is 1.92 bits per heavy atom. The van der Waals surface area contributed by atoms with Crippen LogP contribution in [0.3, 0.4) is 0 Å². The van der Waals surface area contributed by atoms with Crippen LogP contribution in [0.15, 0.2) is 18.5 Å². The second-order valence-electron chi connectivity index (χ2n) is 2.22. The summed E-state index contributed by atoms with van der Waals surface area (Å²) in [7, 11) is 0. The average molecular weight is 193 g/mol. The van der Waals surface area contributed by atoms with E-state index in [0.717, 1.165) is 0 Å². The second kappa shape index (κ2) is 3.12. The van der Waals surface area contributed by atoms with Crippen molar-refractivity contribution in [3.8, 4) is 0 Å². The molecule has 1 heterocycles. The van der Waals surface area contributed by atoms with E-state index in [1.54, 1.807) is 0 Å². The third-order valence-electron chi connectivity index (χ3n) is 1.22. The maximum atomic E-state index is 12.3. The summed E-state index contributed by atoms with van der Waals surface area (Å²) in [6.45, 7) is 0. The first-order valence-electron chi connectivity index (χ1n) is 3.13. The highest BCUT2D eigenvalue weighted by Gasteiger charge is 2.39. The highest BCUT2D eigenvalue weighted by molar-refractivity contribution is 5.99. The van der Waals surface area contributed by atoms with E-state index in [0.29, 0.717) is 18.5 Å². The lowest BCUT2D eigenvalue weighted by Crippen LogP contribution is -2.22. The summed E-state index contributed by atoms with van der Waals surface area (Å²) < 4.78 is 47.6. The second-order valence-corrected chi connectivity index (χ2v) is 2.22. The van der Waals surface area contributed by atoms with Crippen LogP contribution < -0.4 is 0 Å². The van der Waals surface area contributed by atoms with Gasteiger partial charge in [0, 0.05) is 11.8 Å². The highest BCUT2D eigenvalue weighted by Crippen LogP contribution is 2.20. The van der Waals surface area contributed by atoms with Gasteiger partial charge in [0.1, 0.15) is 5.82 Å². The Morgan fingerprint density at radius 3 is 2.38 bits per heavy atom. The van der Waals surface area contributed by atoms with Gasteiger partial charge >= 0.3 is 6.18 Å². The number of aromatic nitrogens is 1. The molecule has 1 aromatic rings. The Morgan fingerprint density at radius 1 is 1.31 bits per heavy atom. The topological polar surface area (TPSA) is 30.0 Å². The molecule has 0 saturated heterocycles. The van der Waals surface area contributed by atoms with Crippen LogP contribution in [-0.2, 0) is 0 Å². The molecule has 1 rings (SSSR count). The van der Waals surface area contributed by atoms with E-state index in [2.05, 4.69) is 4.98 Å². The van der Waals surface area contributed by atoms with Crippen LogP contribution >= 0.6 is 0 Å². The molecule has 0 N–H and O–H groups in total. The molecule has 0 amide bonds. The Labute approximate surface area is 70.2 Å². The molecular formula is C7H3F4NO. The van der Waals surface area contributed by atoms with Crippen molar-refractivity contribution in [2.24, 2.45) is 0 Å². The quantitative estimate of drug-likeness (QED) is 0.504. The molecule has 13 heavy (non-hydrogen) atoms. The van der Waals surface area contributed by atoms with Crippen molar-refractivity contribution in [2.45, 2.75) is 6.18 Å². The summed E-state index contributed by atoms with van der Waals surface area (Å²) in [5, 5.41) is 0. The van der Waals surface area contributed by atoms with Crippen molar-refractivity contribution in [1.29, 1.82) is 0 Å². The normalized spacial score (nSPS) is 11.4. The molecule has 0 radical (unpaired) electrons. The van der Waals surface area contributed by atoms with E-state index in [-0.39, 0.29) is 0 Å². The smallest absolute Gasteiger partial charge is 0.284 e. The summed E-state index contributed by atoms with van der Waals surface area (Å²) >= 11 is 0. The summed E-state index contributed by atoms with van der Waals surface area (Å²) in [6.07, 6.45) is -3.61. The number of alkyl halides is 3. The minimum atomic E-state index is -4.99. The molecule has 2 nitrogen and oxygen atoms in total. The van der Waals surface area contributed by atoms with Crippen molar-refractivity contribution in [3.63, 3.8) is 0 Å². The number of halogens is 4. The Bertz CT molecular complexity index is 334. The number of hydrogen-bond donors (Lipinski definition) is 0. The zero-order valence-corrected chi connectivity index (χ0v) is 6.10. The number of rotatable bonds is 1. The summed E-state index contributed by atoms with van der Waals surface area (Å²) in [5.74, 6) is -3.07. The van der Waals surface area contributed by atoms with Crippen LogP contribution in [0.1, 0.15) is 10.4 Å². The van der Waals surface area contributed by atoms with Gasteiger partial charge in [-0.05, 0) is 6.07 Å². The lowest BCUT2D eigenvalue weighted by Gasteiger charge is -2.03. The fourth-order valence-corrected chi connectivity index (χ4v) is 0.700. The SMILES string of the molecule is O=C(c1cncc(F)c1)C(F)(F)F. The Kier molecular flexibility index (Phi) is 2.31. The van der Waals surface area contributed by atoms with Gasteiger partial charge in [-0.25, -0.2) is 4.39 Å². The minimum Gasteiger partial charge on any atom is -0.284 e. The predicted molar refractivity (Wildman–Crippen MR) is 34.6 cm³/mol. The van der Waals surface area contributed by atoms with Gasteiger partial charge in [0.05, 0.1) is 6.20 Å². The van der Waals surface area contributed by atoms with E-state index in [9.17, 15) is 22.4 Å². The number of carbonyl (C=O) groups excluding carboxylic acids is 1. The number of carbonyl (C=O) groups is 1. The van der Waals surface area contributed by atoms with E-state index in [4.69, 9.17) is 0 Å². The van der Waals surface area contributed by atoms with Crippen LogP contribution in [0.25, 0.3) is 0 Å². The van der Waals surface area contributed by atoms with Gasteiger partial charge in [-0.3, -0.25) is 9.78 Å². The number of Topliss-reactive ketones (excluding diaryl/α,β-unsaturated/α-hetero) is 1. The van der Waals surface area contributed by atoms with Gasteiger partial charge in [0.2, 0.25) is 0 Å². The minimum absolute atomic E-state index is 0.489. The lowest BCUT2D eigenvalue weighted by atomic mass is 10.2. The van der Waals surface area contributed by atoms with Gasteiger partial charge in [0.15, 0.2) is 0 Å². The molecule has 1 aromatic heterocycles. The van der Waals surface area contributed by atoms with Gasteiger partial charge in [-0.15, -0.1) is 0 Å². The first kappa shape index (κ1) is 9.63. The largest absolute Gasteiger partial charge is 0.454 e. The molecule has 0 unspecified atom stereocenters. The number of hydrogen-bond acceptors (Lipinski definition) is 2. The van der Waals surface area contributed by atoms with Crippen molar-refractivity contribution < 1.29 is 22.4 Å². The molecule has 0 aromatic carbocycles. The molecule has 0 spiro atoms. The molecule has 0 bridgehead atoms. The predicted octanol–water partition coefficient (Wildman–Crippen LogP) is 1.97. The summed E-state index contributed by atoms with van der Waals surface area (Å²) in [4.78, 5) is 13.6. The molecule has 0 fully saturated rings. The van der Waals surface area contributed by atoms with Crippen LogP contribution in [0.2, 0.25) is 0 Å². The fraction of sp³-hybridized carbons (Fsp3) is 0.143. The zero-order valence-electron chi connectivity index (χ0n) is 6.10. The molecule has 6 heteroatoms. The number of pyridine rings is 1. The van der Waals surface area contributed by atoms with Crippen LogP contribution in [-0.4, -0.2) is 16.9 Å². The highest BCUT2D eigenvalue weighted by atomic mass is 19.4. The average Bonchev–Trinajstić information content (AvgIpc) is 2.01.